The van der Waals surface area contributed by atoms with Crippen LogP contribution in [0.5, 0.6) is 11.5 Å². The minimum atomic E-state index is -4.15. The fourth-order valence-electron chi connectivity index (χ4n) is 4.28. The second-order valence-corrected chi connectivity index (χ2v) is 14.1. The number of carbonyl (C=O) groups excluding carboxylic acids is 2. The van der Waals surface area contributed by atoms with Crippen molar-refractivity contribution in [3.05, 3.63) is 131 Å². The van der Waals surface area contributed by atoms with Gasteiger partial charge in [-0.15, -0.1) is 0 Å². The molecule has 0 heterocycles. The highest BCUT2D eigenvalue weighted by Crippen LogP contribution is 2.27. The van der Waals surface area contributed by atoms with E-state index in [0.717, 1.165) is 0 Å². The molecule has 49 heavy (non-hydrogen) atoms. The maximum Gasteiger partial charge on any atom is 0.339 e. The minimum absolute atomic E-state index is 0.0265. The number of rotatable bonds is 10. The summed E-state index contributed by atoms with van der Waals surface area (Å²) < 4.78 is 60.9. The first-order chi connectivity index (χ1) is 23.3. The molecule has 0 saturated carbocycles. The first-order valence-electron chi connectivity index (χ1n) is 14.1. The van der Waals surface area contributed by atoms with Crippen LogP contribution in [0.15, 0.2) is 125 Å². The molecule has 16 heteroatoms. The Hall–Kier alpha value is -5.28. The Morgan fingerprint density at radius 3 is 1.29 bits per heavy atom. The molecule has 0 spiro atoms. The minimum Gasteiger partial charge on any atom is -0.379 e. The number of nitrogens with one attached hydrogen (secondary N) is 4. The van der Waals surface area contributed by atoms with Crippen LogP contribution in [0.3, 0.4) is 0 Å². The van der Waals surface area contributed by atoms with Crippen molar-refractivity contribution in [1.82, 2.24) is 0 Å². The van der Waals surface area contributed by atoms with Gasteiger partial charge >= 0.3 is 32.3 Å². The van der Waals surface area contributed by atoms with Crippen LogP contribution in [0.25, 0.3) is 0 Å². The SMILES string of the molecule is Cc1c(NC(=O)Nc2cccc(OS(=O)(=O)c3ccc(Cl)cc3)c2)cccc1NC(=O)Nc1cccc(OS(=O)(=O)c2ccc(Cl)cc2)c1. The predicted octanol–water partition coefficient (Wildman–Crippen LogP) is 8.13. The lowest BCUT2D eigenvalue weighted by molar-refractivity contribution is 0.261. The molecule has 0 bridgehead atoms. The summed E-state index contributed by atoms with van der Waals surface area (Å²) in [6.45, 7) is 1.68. The highest BCUT2D eigenvalue weighted by Gasteiger charge is 2.19. The van der Waals surface area contributed by atoms with Crippen molar-refractivity contribution in [2.45, 2.75) is 16.7 Å². The van der Waals surface area contributed by atoms with E-state index in [-0.39, 0.29) is 32.7 Å². The van der Waals surface area contributed by atoms with Gasteiger partial charge in [0.1, 0.15) is 21.3 Å². The lowest BCUT2D eigenvalue weighted by atomic mass is 10.1. The molecular formula is C33H26Cl2N4O8S2. The topological polar surface area (TPSA) is 169 Å². The summed E-state index contributed by atoms with van der Waals surface area (Å²) in [5.74, 6) is -0.0529. The van der Waals surface area contributed by atoms with Gasteiger partial charge in [-0.25, -0.2) is 9.59 Å². The van der Waals surface area contributed by atoms with Crippen LogP contribution in [0, 0.1) is 6.92 Å². The second kappa shape index (κ2) is 14.9. The monoisotopic (exact) mass is 740 g/mol. The summed E-state index contributed by atoms with van der Waals surface area (Å²) in [4.78, 5) is 25.5. The Morgan fingerprint density at radius 1 is 0.531 bits per heavy atom. The summed E-state index contributed by atoms with van der Waals surface area (Å²) in [5.41, 5.74) is 1.76. The van der Waals surface area contributed by atoms with E-state index in [4.69, 9.17) is 31.6 Å². The van der Waals surface area contributed by atoms with Gasteiger partial charge < -0.3 is 29.6 Å². The Labute approximate surface area is 292 Å². The molecule has 0 aliphatic heterocycles. The zero-order valence-corrected chi connectivity index (χ0v) is 28.5. The van der Waals surface area contributed by atoms with E-state index in [2.05, 4.69) is 21.3 Å². The van der Waals surface area contributed by atoms with Gasteiger partial charge in [0.2, 0.25) is 0 Å². The molecule has 0 saturated heterocycles. The number of benzene rings is 5. The Balaban J connectivity index is 1.19. The van der Waals surface area contributed by atoms with Crippen LogP contribution in [-0.2, 0) is 20.2 Å². The predicted molar refractivity (Wildman–Crippen MR) is 188 cm³/mol. The van der Waals surface area contributed by atoms with Crippen LogP contribution in [0.1, 0.15) is 5.56 Å². The van der Waals surface area contributed by atoms with E-state index in [1.165, 1.54) is 84.9 Å². The van der Waals surface area contributed by atoms with Crippen LogP contribution in [0.2, 0.25) is 10.0 Å². The highest BCUT2D eigenvalue weighted by atomic mass is 35.5. The van der Waals surface area contributed by atoms with Gasteiger partial charge in [0.25, 0.3) is 0 Å². The molecule has 4 amide bonds. The largest absolute Gasteiger partial charge is 0.379 e. The normalized spacial score (nSPS) is 11.2. The van der Waals surface area contributed by atoms with Crippen LogP contribution < -0.4 is 29.6 Å². The van der Waals surface area contributed by atoms with Crippen LogP contribution in [0.4, 0.5) is 32.3 Å². The molecule has 0 unspecified atom stereocenters. The molecule has 4 N–H and O–H groups in total. The van der Waals surface area contributed by atoms with Crippen molar-refractivity contribution in [3.63, 3.8) is 0 Å². The summed E-state index contributed by atoms with van der Waals surface area (Å²) in [6, 6.07) is 26.2. The van der Waals surface area contributed by atoms with Gasteiger partial charge in [0.05, 0.1) is 0 Å². The van der Waals surface area contributed by atoms with E-state index in [1.54, 1.807) is 37.3 Å². The Morgan fingerprint density at radius 2 is 0.898 bits per heavy atom. The molecule has 5 aromatic rings. The number of halogens is 2. The van der Waals surface area contributed by atoms with Crippen LogP contribution in [-0.4, -0.2) is 28.9 Å². The second-order valence-electron chi connectivity index (χ2n) is 10.2. The van der Waals surface area contributed by atoms with Crippen molar-refractivity contribution in [2.24, 2.45) is 0 Å². The van der Waals surface area contributed by atoms with Gasteiger partial charge in [-0.1, -0.05) is 41.4 Å². The number of hydrogen-bond acceptors (Lipinski definition) is 8. The van der Waals surface area contributed by atoms with E-state index >= 15 is 0 Å². The molecule has 0 aromatic heterocycles. The number of hydrogen-bond donors (Lipinski definition) is 4. The fourth-order valence-corrected chi connectivity index (χ4v) is 6.38. The molecule has 252 valence electrons. The van der Waals surface area contributed by atoms with E-state index in [1.807, 2.05) is 0 Å². The summed E-state index contributed by atoms with van der Waals surface area (Å²) in [5, 5.41) is 11.4. The molecule has 0 fully saturated rings. The molecule has 5 rings (SSSR count). The summed E-state index contributed by atoms with van der Waals surface area (Å²) >= 11 is 11.7. The van der Waals surface area contributed by atoms with Crippen molar-refractivity contribution in [2.75, 3.05) is 21.3 Å². The fraction of sp³-hybridized carbons (Fsp3) is 0.0303. The average molecular weight is 742 g/mol. The zero-order valence-electron chi connectivity index (χ0n) is 25.3. The molecule has 0 radical (unpaired) electrons. The first kappa shape index (κ1) is 35.0. The first-order valence-corrected chi connectivity index (χ1v) is 17.7. The standard InChI is InChI=1S/C33H26Cl2N4O8S2/c1-21-30(38-32(40)36-24-5-2-7-26(19-24)46-48(42,43)28-15-11-22(34)12-16-28)9-4-10-31(21)39-33(41)37-25-6-3-8-27(20-25)47-49(44,45)29-17-13-23(35)14-18-29/h2-20H,1H3,(H2,36,38,40)(H2,37,39,41). The summed E-state index contributed by atoms with van der Waals surface area (Å²) in [6.07, 6.45) is 0. The van der Waals surface area contributed by atoms with E-state index < -0.39 is 32.3 Å². The van der Waals surface area contributed by atoms with Crippen molar-refractivity contribution >= 4 is 78.2 Å². The number of carbonyl (C=O) groups is 2. The number of urea groups is 2. The van der Waals surface area contributed by atoms with Crippen molar-refractivity contribution < 1.29 is 34.8 Å². The lowest BCUT2D eigenvalue weighted by Crippen LogP contribution is -2.22. The Bertz CT molecular complexity index is 2080. The van der Waals surface area contributed by atoms with Gasteiger partial charge in [-0.3, -0.25) is 0 Å². The molecule has 0 aliphatic carbocycles. The maximum atomic E-state index is 12.8. The third-order valence-corrected chi connectivity index (χ3v) is 9.66. The van der Waals surface area contributed by atoms with E-state index in [9.17, 15) is 26.4 Å². The quantitative estimate of drug-likeness (QED) is 0.104. The zero-order chi connectivity index (χ0) is 35.2. The average Bonchev–Trinajstić information content (AvgIpc) is 3.03. The lowest BCUT2D eigenvalue weighted by Gasteiger charge is -2.15. The van der Waals surface area contributed by atoms with Gasteiger partial charge in [0.15, 0.2) is 0 Å². The van der Waals surface area contributed by atoms with Gasteiger partial charge in [-0.05, 0) is 97.4 Å². The molecule has 0 atom stereocenters. The highest BCUT2D eigenvalue weighted by molar-refractivity contribution is 7.87. The van der Waals surface area contributed by atoms with Crippen LogP contribution >= 0.6 is 23.2 Å². The molecule has 12 nitrogen and oxygen atoms in total. The molecule has 0 aliphatic rings. The number of amides is 4. The van der Waals surface area contributed by atoms with Gasteiger partial charge in [-0.2, -0.15) is 16.8 Å². The summed E-state index contributed by atoms with van der Waals surface area (Å²) in [7, 11) is -8.29. The van der Waals surface area contributed by atoms with Gasteiger partial charge in [0, 0.05) is 44.9 Å². The molecule has 5 aromatic carbocycles. The smallest absolute Gasteiger partial charge is 0.339 e. The number of anilines is 4. The Kier molecular flexibility index (Phi) is 10.6. The third-order valence-electron chi connectivity index (χ3n) is 6.63. The maximum absolute atomic E-state index is 12.8. The van der Waals surface area contributed by atoms with Crippen molar-refractivity contribution in [1.29, 1.82) is 0 Å². The molecular weight excluding hydrogens is 715 g/mol. The van der Waals surface area contributed by atoms with E-state index in [0.29, 0.717) is 27.0 Å². The van der Waals surface area contributed by atoms with Crippen molar-refractivity contribution in [3.8, 4) is 11.5 Å². The third kappa shape index (κ3) is 9.42.